The zero-order chi connectivity index (χ0) is 15.7. The molecule has 0 fully saturated rings. The lowest BCUT2D eigenvalue weighted by molar-refractivity contribution is 0.103. The Hall–Kier alpha value is -1.54. The minimum Gasteiger partial charge on any atom is -0.297 e. The highest BCUT2D eigenvalue weighted by molar-refractivity contribution is 7.14. The smallest absolute Gasteiger partial charge is 0.271 e. The van der Waals surface area contributed by atoms with Gasteiger partial charge in [-0.05, 0) is 30.6 Å². The lowest BCUT2D eigenvalue weighted by Crippen LogP contribution is -2.11. The van der Waals surface area contributed by atoms with E-state index in [4.69, 9.17) is 23.2 Å². The van der Waals surface area contributed by atoms with Gasteiger partial charge in [-0.25, -0.2) is 4.98 Å². The topological polar surface area (TPSA) is 67.8 Å². The summed E-state index contributed by atoms with van der Waals surface area (Å²) in [5.41, 5.74) is 2.16. The van der Waals surface area contributed by atoms with Crippen LogP contribution in [-0.2, 0) is 0 Å². The van der Waals surface area contributed by atoms with Gasteiger partial charge >= 0.3 is 0 Å². The average molecular weight is 371 g/mol. The molecule has 0 aliphatic carbocycles. The molecule has 0 saturated heterocycles. The number of benzene rings is 1. The summed E-state index contributed by atoms with van der Waals surface area (Å²) in [4.78, 5) is 16.9. The predicted molar refractivity (Wildman–Crippen MR) is 90.2 cm³/mol. The third-order valence-electron chi connectivity index (χ3n) is 2.80. The summed E-state index contributed by atoms with van der Waals surface area (Å²) in [6.45, 7) is 1.74. The summed E-state index contributed by atoms with van der Waals surface area (Å²) >= 11 is 14.3. The van der Waals surface area contributed by atoms with Gasteiger partial charge in [0.25, 0.3) is 5.91 Å². The van der Waals surface area contributed by atoms with Gasteiger partial charge in [0.1, 0.15) is 4.88 Å². The zero-order valence-corrected chi connectivity index (χ0v) is 14.3. The van der Waals surface area contributed by atoms with E-state index in [9.17, 15) is 4.79 Å². The highest BCUT2D eigenvalue weighted by atomic mass is 35.5. The molecular weight excluding hydrogens is 363 g/mol. The van der Waals surface area contributed by atoms with Crippen LogP contribution in [0.3, 0.4) is 0 Å². The molecule has 5 nitrogen and oxygen atoms in total. The van der Waals surface area contributed by atoms with Crippen molar-refractivity contribution < 1.29 is 4.79 Å². The van der Waals surface area contributed by atoms with Gasteiger partial charge in [-0.3, -0.25) is 10.1 Å². The molecule has 1 aromatic carbocycles. The van der Waals surface area contributed by atoms with Crippen LogP contribution < -0.4 is 5.32 Å². The lowest BCUT2D eigenvalue weighted by atomic mass is 10.2. The molecule has 3 rings (SSSR count). The second kappa shape index (κ2) is 6.29. The molecular formula is C13H8Cl2N4OS2. The Bertz CT molecular complexity index is 846. The summed E-state index contributed by atoms with van der Waals surface area (Å²) in [6.07, 6.45) is 0. The number of nitrogens with zero attached hydrogens (tertiary/aromatic N) is 3. The fourth-order valence-corrected chi connectivity index (χ4v) is 3.28. The molecule has 1 amide bonds. The standard InChI is InChI=1S/C13H8Cl2N4OS2/c1-6-11(22-19-18-6)12(20)17-13-16-10(5-21-13)7-2-3-8(14)9(15)4-7/h2-5H,1H3,(H,16,17,20). The third-order valence-corrected chi connectivity index (χ3v) is 5.12. The van der Waals surface area contributed by atoms with Crippen LogP contribution in [0.1, 0.15) is 15.4 Å². The number of anilines is 1. The SMILES string of the molecule is Cc1nnsc1C(=O)Nc1nc(-c2ccc(Cl)c(Cl)c2)cs1. The van der Waals surface area contributed by atoms with Crippen molar-refractivity contribution in [3.8, 4) is 11.3 Å². The predicted octanol–water partition coefficient (Wildman–Crippen LogP) is 4.53. The molecule has 2 aromatic heterocycles. The lowest BCUT2D eigenvalue weighted by Gasteiger charge is -2.00. The Balaban J connectivity index is 1.80. The maximum Gasteiger partial charge on any atom is 0.271 e. The molecule has 112 valence electrons. The number of carbonyl (C=O) groups excluding carboxylic acids is 1. The van der Waals surface area contributed by atoms with Gasteiger partial charge in [-0.1, -0.05) is 33.8 Å². The van der Waals surface area contributed by atoms with E-state index in [2.05, 4.69) is 19.9 Å². The van der Waals surface area contributed by atoms with Crippen LogP contribution in [0.5, 0.6) is 0 Å². The summed E-state index contributed by atoms with van der Waals surface area (Å²) in [5.74, 6) is -0.262. The molecule has 0 unspecified atom stereocenters. The molecule has 0 saturated carbocycles. The van der Waals surface area contributed by atoms with Crippen molar-refractivity contribution in [2.75, 3.05) is 5.32 Å². The van der Waals surface area contributed by atoms with Gasteiger partial charge in [-0.2, -0.15) is 0 Å². The number of hydrogen-bond acceptors (Lipinski definition) is 6. The number of carbonyl (C=O) groups is 1. The number of thiazole rings is 1. The number of hydrogen-bond donors (Lipinski definition) is 1. The normalized spacial score (nSPS) is 10.7. The first-order chi connectivity index (χ1) is 10.5. The Kier molecular flexibility index (Phi) is 4.39. The molecule has 0 aliphatic rings. The van der Waals surface area contributed by atoms with E-state index in [1.165, 1.54) is 11.3 Å². The second-order valence-electron chi connectivity index (χ2n) is 4.31. The molecule has 0 radical (unpaired) electrons. The van der Waals surface area contributed by atoms with Gasteiger partial charge in [0, 0.05) is 10.9 Å². The maximum absolute atomic E-state index is 12.1. The van der Waals surface area contributed by atoms with Gasteiger partial charge in [0.15, 0.2) is 5.13 Å². The molecule has 0 spiro atoms. The van der Waals surface area contributed by atoms with Gasteiger partial charge in [-0.15, -0.1) is 16.4 Å². The number of halogens is 2. The third kappa shape index (κ3) is 3.12. The maximum atomic E-state index is 12.1. The van der Waals surface area contributed by atoms with Crippen molar-refractivity contribution in [2.24, 2.45) is 0 Å². The summed E-state index contributed by atoms with van der Waals surface area (Å²) in [6, 6.07) is 5.27. The molecule has 2 heterocycles. The van der Waals surface area contributed by atoms with E-state index in [-0.39, 0.29) is 5.91 Å². The first kappa shape index (κ1) is 15.4. The van der Waals surface area contributed by atoms with Crippen LogP contribution in [-0.4, -0.2) is 20.5 Å². The Morgan fingerprint density at radius 2 is 2.09 bits per heavy atom. The molecule has 0 aliphatic heterocycles. The number of aryl methyl sites for hydroxylation is 1. The highest BCUT2D eigenvalue weighted by Crippen LogP contribution is 2.30. The fraction of sp³-hybridized carbons (Fsp3) is 0.0769. The molecule has 1 N–H and O–H groups in total. The fourth-order valence-electron chi connectivity index (χ4n) is 1.71. The van der Waals surface area contributed by atoms with Gasteiger partial charge in [0.2, 0.25) is 0 Å². The van der Waals surface area contributed by atoms with Crippen molar-refractivity contribution >= 4 is 57.1 Å². The monoisotopic (exact) mass is 370 g/mol. The average Bonchev–Trinajstić information content (AvgIpc) is 3.11. The van der Waals surface area contributed by atoms with Crippen LogP contribution in [0.25, 0.3) is 11.3 Å². The number of nitrogens with one attached hydrogen (secondary N) is 1. The van der Waals surface area contributed by atoms with Crippen molar-refractivity contribution in [3.05, 3.63) is 44.2 Å². The van der Waals surface area contributed by atoms with E-state index in [1.54, 1.807) is 19.1 Å². The Morgan fingerprint density at radius 3 is 2.77 bits per heavy atom. The summed E-state index contributed by atoms with van der Waals surface area (Å²) in [5, 5.41) is 9.84. The highest BCUT2D eigenvalue weighted by Gasteiger charge is 2.15. The minimum absolute atomic E-state index is 0.262. The van der Waals surface area contributed by atoms with E-state index < -0.39 is 0 Å². The van der Waals surface area contributed by atoms with Crippen molar-refractivity contribution in [2.45, 2.75) is 6.92 Å². The van der Waals surface area contributed by atoms with E-state index in [0.717, 1.165) is 22.8 Å². The van der Waals surface area contributed by atoms with E-state index in [1.807, 2.05) is 11.4 Å². The van der Waals surface area contributed by atoms with Crippen LogP contribution in [0, 0.1) is 6.92 Å². The zero-order valence-electron chi connectivity index (χ0n) is 11.1. The Morgan fingerprint density at radius 1 is 1.27 bits per heavy atom. The summed E-state index contributed by atoms with van der Waals surface area (Å²) < 4.78 is 3.74. The number of rotatable bonds is 3. The van der Waals surface area contributed by atoms with Crippen molar-refractivity contribution in [1.82, 2.24) is 14.6 Å². The van der Waals surface area contributed by atoms with Crippen molar-refractivity contribution in [1.29, 1.82) is 0 Å². The molecule has 0 bridgehead atoms. The van der Waals surface area contributed by atoms with Crippen LogP contribution in [0.15, 0.2) is 23.6 Å². The Labute approximate surface area is 144 Å². The first-order valence-electron chi connectivity index (χ1n) is 6.06. The van der Waals surface area contributed by atoms with E-state index in [0.29, 0.717) is 25.7 Å². The molecule has 0 atom stereocenters. The van der Waals surface area contributed by atoms with Crippen molar-refractivity contribution in [3.63, 3.8) is 0 Å². The van der Waals surface area contributed by atoms with Gasteiger partial charge in [0.05, 0.1) is 21.4 Å². The second-order valence-corrected chi connectivity index (χ2v) is 6.74. The van der Waals surface area contributed by atoms with E-state index >= 15 is 0 Å². The molecule has 3 aromatic rings. The first-order valence-corrected chi connectivity index (χ1v) is 8.47. The van der Waals surface area contributed by atoms with Gasteiger partial charge < -0.3 is 0 Å². The van der Waals surface area contributed by atoms with Crippen LogP contribution in [0.4, 0.5) is 5.13 Å². The van der Waals surface area contributed by atoms with Crippen LogP contribution >= 0.6 is 46.1 Å². The summed E-state index contributed by atoms with van der Waals surface area (Å²) in [7, 11) is 0. The largest absolute Gasteiger partial charge is 0.297 e. The molecule has 22 heavy (non-hydrogen) atoms. The van der Waals surface area contributed by atoms with Crippen LogP contribution in [0.2, 0.25) is 10.0 Å². The molecule has 9 heteroatoms. The quantitative estimate of drug-likeness (QED) is 0.735. The number of amides is 1. The minimum atomic E-state index is -0.262. The number of aromatic nitrogens is 3.